The van der Waals surface area contributed by atoms with Crippen molar-refractivity contribution in [3.8, 4) is 0 Å². The van der Waals surface area contributed by atoms with Gasteiger partial charge in [0.2, 0.25) is 0 Å². The lowest BCUT2D eigenvalue weighted by atomic mass is 10.1. The van der Waals surface area contributed by atoms with Gasteiger partial charge in [-0.25, -0.2) is 14.8 Å². The van der Waals surface area contributed by atoms with Gasteiger partial charge in [0.05, 0.1) is 11.1 Å². The van der Waals surface area contributed by atoms with Crippen molar-refractivity contribution in [3.05, 3.63) is 35.3 Å². The Labute approximate surface area is 105 Å². The van der Waals surface area contributed by atoms with Gasteiger partial charge in [0.25, 0.3) is 0 Å². The molecule has 2 aromatic rings. The Bertz CT molecular complexity index is 653. The summed E-state index contributed by atoms with van der Waals surface area (Å²) < 4.78 is 37.8. The van der Waals surface area contributed by atoms with Crippen LogP contribution in [0.4, 0.5) is 13.2 Å². The van der Waals surface area contributed by atoms with Gasteiger partial charge < -0.3 is 5.11 Å². The van der Waals surface area contributed by atoms with Gasteiger partial charge in [-0.3, -0.25) is 0 Å². The van der Waals surface area contributed by atoms with Gasteiger partial charge in [-0.15, -0.1) is 0 Å². The summed E-state index contributed by atoms with van der Waals surface area (Å²) in [5.74, 6) is -1.09. The van der Waals surface area contributed by atoms with E-state index >= 15 is 0 Å². The Hall–Kier alpha value is -2.18. The Balaban J connectivity index is 2.77. The molecule has 1 aromatic heterocycles. The van der Waals surface area contributed by atoms with Crippen LogP contribution in [-0.4, -0.2) is 21.0 Å². The van der Waals surface area contributed by atoms with Crippen LogP contribution in [0.3, 0.4) is 0 Å². The highest BCUT2D eigenvalue weighted by Gasteiger charge is 2.31. The molecule has 0 unspecified atom stereocenters. The number of aromatic carboxylic acids is 1. The van der Waals surface area contributed by atoms with Crippen LogP contribution in [0.5, 0.6) is 0 Å². The second-order valence-corrected chi connectivity index (χ2v) is 3.88. The first kappa shape index (κ1) is 13.3. The lowest BCUT2D eigenvalue weighted by Crippen LogP contribution is -2.09. The van der Waals surface area contributed by atoms with E-state index in [1.54, 1.807) is 6.92 Å². The van der Waals surface area contributed by atoms with Crippen LogP contribution in [0.1, 0.15) is 28.8 Å². The van der Waals surface area contributed by atoms with Crippen molar-refractivity contribution in [2.75, 3.05) is 0 Å². The molecule has 0 bridgehead atoms. The molecule has 4 nitrogen and oxygen atoms in total. The molecule has 0 aliphatic heterocycles. The first-order chi connectivity index (χ1) is 8.82. The van der Waals surface area contributed by atoms with Crippen molar-refractivity contribution in [1.82, 2.24) is 9.97 Å². The third kappa shape index (κ3) is 2.49. The molecule has 100 valence electrons. The highest BCUT2D eigenvalue weighted by atomic mass is 19.4. The lowest BCUT2D eigenvalue weighted by molar-refractivity contribution is -0.137. The minimum absolute atomic E-state index is 0.112. The van der Waals surface area contributed by atoms with Crippen LogP contribution in [0.15, 0.2) is 18.2 Å². The van der Waals surface area contributed by atoms with Crippen molar-refractivity contribution in [2.24, 2.45) is 0 Å². The fourth-order valence-corrected chi connectivity index (χ4v) is 1.67. The van der Waals surface area contributed by atoms with Crippen LogP contribution in [-0.2, 0) is 12.6 Å². The summed E-state index contributed by atoms with van der Waals surface area (Å²) in [5, 5.41) is 8.91. The average molecular weight is 270 g/mol. The maximum absolute atomic E-state index is 12.6. The lowest BCUT2D eigenvalue weighted by Gasteiger charge is -2.09. The van der Waals surface area contributed by atoms with Crippen molar-refractivity contribution in [3.63, 3.8) is 0 Å². The monoisotopic (exact) mass is 270 g/mol. The first-order valence-corrected chi connectivity index (χ1v) is 5.44. The number of benzene rings is 1. The van der Waals surface area contributed by atoms with Crippen LogP contribution < -0.4 is 0 Å². The van der Waals surface area contributed by atoms with Gasteiger partial charge in [0.15, 0.2) is 5.69 Å². The van der Waals surface area contributed by atoms with E-state index in [2.05, 4.69) is 9.97 Å². The quantitative estimate of drug-likeness (QED) is 0.911. The summed E-state index contributed by atoms with van der Waals surface area (Å²) in [6.45, 7) is 1.73. The molecule has 0 radical (unpaired) electrons. The molecule has 1 aromatic carbocycles. The molecule has 0 amide bonds. The zero-order chi connectivity index (χ0) is 14.2. The Morgan fingerprint density at radius 1 is 1.32 bits per heavy atom. The SMILES string of the molecule is CCc1nc(C(=O)O)c2cc(C(F)(F)F)ccc2n1. The number of aromatic nitrogens is 2. The molecule has 0 saturated heterocycles. The third-order valence-corrected chi connectivity index (χ3v) is 2.59. The van der Waals surface area contributed by atoms with E-state index in [9.17, 15) is 18.0 Å². The van der Waals surface area contributed by atoms with Gasteiger partial charge in [0.1, 0.15) is 5.82 Å². The van der Waals surface area contributed by atoms with Crippen molar-refractivity contribution in [1.29, 1.82) is 0 Å². The molecule has 0 atom stereocenters. The molecule has 19 heavy (non-hydrogen) atoms. The van der Waals surface area contributed by atoms with Crippen LogP contribution in [0.25, 0.3) is 10.9 Å². The van der Waals surface area contributed by atoms with E-state index in [-0.39, 0.29) is 16.7 Å². The average Bonchev–Trinajstić information content (AvgIpc) is 2.35. The number of halogens is 3. The summed E-state index contributed by atoms with van der Waals surface area (Å²) >= 11 is 0. The third-order valence-electron chi connectivity index (χ3n) is 2.59. The van der Waals surface area contributed by atoms with Gasteiger partial charge in [-0.05, 0) is 18.2 Å². The van der Waals surface area contributed by atoms with Gasteiger partial charge in [0, 0.05) is 11.8 Å². The van der Waals surface area contributed by atoms with Gasteiger partial charge in [-0.1, -0.05) is 6.92 Å². The number of alkyl halides is 3. The van der Waals surface area contributed by atoms with Gasteiger partial charge in [-0.2, -0.15) is 13.2 Å². The first-order valence-electron chi connectivity index (χ1n) is 5.44. The van der Waals surface area contributed by atoms with Crippen molar-refractivity contribution >= 4 is 16.9 Å². The molecular weight excluding hydrogens is 261 g/mol. The second-order valence-electron chi connectivity index (χ2n) is 3.88. The molecule has 0 aliphatic carbocycles. The van der Waals surface area contributed by atoms with E-state index in [4.69, 9.17) is 5.11 Å². The number of aryl methyl sites for hydroxylation is 1. The molecule has 0 saturated carbocycles. The zero-order valence-corrected chi connectivity index (χ0v) is 9.82. The van der Waals surface area contributed by atoms with E-state index in [1.165, 1.54) is 0 Å². The van der Waals surface area contributed by atoms with Crippen molar-refractivity contribution < 1.29 is 23.1 Å². The van der Waals surface area contributed by atoms with E-state index in [1.807, 2.05) is 0 Å². The topological polar surface area (TPSA) is 63.1 Å². The number of rotatable bonds is 2. The molecular formula is C12H9F3N2O2. The highest BCUT2D eigenvalue weighted by Crippen LogP contribution is 2.31. The van der Waals surface area contributed by atoms with Crippen LogP contribution >= 0.6 is 0 Å². The zero-order valence-electron chi connectivity index (χ0n) is 9.82. The molecule has 1 N–H and O–H groups in total. The number of carboxylic acid groups (broad SMARTS) is 1. The number of nitrogens with zero attached hydrogens (tertiary/aromatic N) is 2. The predicted molar refractivity (Wildman–Crippen MR) is 60.9 cm³/mol. The van der Waals surface area contributed by atoms with Crippen LogP contribution in [0.2, 0.25) is 0 Å². The largest absolute Gasteiger partial charge is 0.476 e. The number of hydrogen-bond acceptors (Lipinski definition) is 3. The molecule has 7 heteroatoms. The number of fused-ring (bicyclic) bond motifs is 1. The van der Waals surface area contributed by atoms with E-state index in [0.717, 1.165) is 18.2 Å². The fourth-order valence-electron chi connectivity index (χ4n) is 1.67. The number of hydrogen-bond donors (Lipinski definition) is 1. The fraction of sp³-hybridized carbons (Fsp3) is 0.250. The van der Waals surface area contributed by atoms with Crippen molar-refractivity contribution in [2.45, 2.75) is 19.5 Å². The van der Waals surface area contributed by atoms with E-state index < -0.39 is 23.4 Å². The molecule has 0 fully saturated rings. The minimum Gasteiger partial charge on any atom is -0.476 e. The Kier molecular flexibility index (Phi) is 3.13. The standard InChI is InChI=1S/C12H9F3N2O2/c1-2-9-16-8-4-3-6(12(13,14)15)5-7(8)10(17-9)11(18)19/h3-5H,2H2,1H3,(H,18,19). The maximum atomic E-state index is 12.6. The maximum Gasteiger partial charge on any atom is 0.416 e. The van der Waals surface area contributed by atoms with Gasteiger partial charge >= 0.3 is 12.1 Å². The Morgan fingerprint density at radius 3 is 2.53 bits per heavy atom. The predicted octanol–water partition coefficient (Wildman–Crippen LogP) is 2.91. The summed E-state index contributed by atoms with van der Waals surface area (Å²) in [6, 6.07) is 2.80. The second kappa shape index (κ2) is 4.49. The molecule has 2 rings (SSSR count). The highest BCUT2D eigenvalue weighted by molar-refractivity contribution is 6.00. The summed E-state index contributed by atoms with van der Waals surface area (Å²) in [4.78, 5) is 18.9. The number of carboxylic acids is 1. The normalized spacial score (nSPS) is 11.8. The van der Waals surface area contributed by atoms with Crippen LogP contribution in [0, 0.1) is 0 Å². The smallest absolute Gasteiger partial charge is 0.416 e. The minimum atomic E-state index is -4.53. The van der Waals surface area contributed by atoms with E-state index in [0.29, 0.717) is 6.42 Å². The summed E-state index contributed by atoms with van der Waals surface area (Å²) in [6.07, 6.45) is -4.13. The molecule has 0 aliphatic rings. The summed E-state index contributed by atoms with van der Waals surface area (Å²) in [7, 11) is 0. The molecule has 1 heterocycles. The number of carbonyl (C=O) groups is 1. The Morgan fingerprint density at radius 2 is 2.00 bits per heavy atom. The summed E-state index contributed by atoms with van der Waals surface area (Å²) in [5.41, 5.74) is -1.14. The molecule has 0 spiro atoms.